The summed E-state index contributed by atoms with van der Waals surface area (Å²) in [4.78, 5) is 23.0. The van der Waals surface area contributed by atoms with Crippen molar-refractivity contribution < 1.29 is 28.9 Å². The molecule has 0 radical (unpaired) electrons. The summed E-state index contributed by atoms with van der Waals surface area (Å²) in [5.41, 5.74) is 1.98. The number of aliphatic carboxylic acids is 1. The Morgan fingerprint density at radius 3 is 2.62 bits per heavy atom. The molecule has 6 rings (SSSR count). The molecular weight excluding hydrogens is 468 g/mol. The Balaban J connectivity index is 1.16. The summed E-state index contributed by atoms with van der Waals surface area (Å²) < 4.78 is 19.1. The van der Waals surface area contributed by atoms with Crippen LogP contribution in [0.3, 0.4) is 0 Å². The van der Waals surface area contributed by atoms with E-state index in [1.54, 1.807) is 0 Å². The smallest absolute Gasteiger partial charge is 0.306 e. The number of carboxylic acid groups (broad SMARTS) is 1. The van der Waals surface area contributed by atoms with Crippen molar-refractivity contribution in [1.82, 2.24) is 0 Å². The summed E-state index contributed by atoms with van der Waals surface area (Å²) in [5.74, 6) is 2.08. The van der Waals surface area contributed by atoms with Gasteiger partial charge < -0.3 is 19.3 Å². The molecule has 0 aromatic heterocycles. The Labute approximate surface area is 221 Å². The molecule has 6 aliphatic rings. The van der Waals surface area contributed by atoms with E-state index in [1.807, 2.05) is 0 Å². The van der Waals surface area contributed by atoms with Gasteiger partial charge in [0.15, 0.2) is 5.79 Å². The van der Waals surface area contributed by atoms with Crippen LogP contribution < -0.4 is 0 Å². The van der Waals surface area contributed by atoms with E-state index in [0.29, 0.717) is 47.0 Å². The normalized spacial score (nSPS) is 50.4. The standard InChI is InChI=1S/C31H46O6/c1-18-9-14-31(35-17-18)19(2)28-25(37-31)16-24-22-6-5-20-15-21(36-27(34)8-7-26(32)33)10-12-29(20,3)23(22)11-13-30(24,28)4/h5,18-19,21-25,28H,6-17H2,1-4H3,(H,32,33)/t18?,19-,21?,22?,23?,24?,25?,28?,29-,30-,31+/m0/s1. The molecule has 0 amide bonds. The second kappa shape index (κ2) is 9.08. The van der Waals surface area contributed by atoms with Gasteiger partial charge in [0.05, 0.1) is 25.6 Å². The van der Waals surface area contributed by atoms with E-state index >= 15 is 0 Å². The van der Waals surface area contributed by atoms with E-state index in [-0.39, 0.29) is 36.1 Å². The van der Waals surface area contributed by atoms with Crippen LogP contribution >= 0.6 is 0 Å². The third-order valence-electron chi connectivity index (χ3n) is 12.2. The molecule has 6 heteroatoms. The van der Waals surface area contributed by atoms with Gasteiger partial charge in [-0.15, -0.1) is 0 Å². The summed E-state index contributed by atoms with van der Waals surface area (Å²) in [7, 11) is 0. The average molecular weight is 515 g/mol. The molecule has 11 atom stereocenters. The van der Waals surface area contributed by atoms with Crippen LogP contribution in [0.25, 0.3) is 0 Å². The predicted molar refractivity (Wildman–Crippen MR) is 138 cm³/mol. The molecule has 2 heterocycles. The van der Waals surface area contributed by atoms with Gasteiger partial charge in [0, 0.05) is 18.8 Å². The summed E-state index contributed by atoms with van der Waals surface area (Å²) in [6.45, 7) is 10.6. The maximum absolute atomic E-state index is 12.2. The van der Waals surface area contributed by atoms with Gasteiger partial charge in [0.2, 0.25) is 0 Å². The zero-order valence-corrected chi connectivity index (χ0v) is 23.2. The van der Waals surface area contributed by atoms with Crippen LogP contribution in [-0.4, -0.2) is 41.6 Å². The van der Waals surface area contributed by atoms with Crippen LogP contribution in [-0.2, 0) is 23.8 Å². The van der Waals surface area contributed by atoms with Gasteiger partial charge in [-0.3, -0.25) is 9.59 Å². The van der Waals surface area contributed by atoms with E-state index in [2.05, 4.69) is 33.8 Å². The first-order chi connectivity index (χ1) is 17.6. The molecule has 3 saturated carbocycles. The minimum absolute atomic E-state index is 0.0404. The summed E-state index contributed by atoms with van der Waals surface area (Å²) in [6, 6.07) is 0. The summed E-state index contributed by atoms with van der Waals surface area (Å²) in [5, 5.41) is 8.86. The van der Waals surface area contributed by atoms with Crippen molar-refractivity contribution in [3.8, 4) is 0 Å². The van der Waals surface area contributed by atoms with Gasteiger partial charge in [-0.1, -0.05) is 39.3 Å². The van der Waals surface area contributed by atoms with Gasteiger partial charge >= 0.3 is 11.9 Å². The van der Waals surface area contributed by atoms with Crippen molar-refractivity contribution in [3.63, 3.8) is 0 Å². The lowest BCUT2D eigenvalue weighted by molar-refractivity contribution is -0.272. The van der Waals surface area contributed by atoms with E-state index in [0.717, 1.165) is 38.7 Å². The second-order valence-electron chi connectivity index (χ2n) is 14.0. The first kappa shape index (κ1) is 25.9. The number of esters is 1. The molecular formula is C31H46O6. The van der Waals surface area contributed by atoms with Crippen molar-refractivity contribution in [2.45, 2.75) is 116 Å². The first-order valence-corrected chi connectivity index (χ1v) is 15.0. The van der Waals surface area contributed by atoms with Crippen molar-refractivity contribution in [2.75, 3.05) is 6.61 Å². The van der Waals surface area contributed by atoms with Crippen LogP contribution in [0.5, 0.6) is 0 Å². The Hall–Kier alpha value is -1.40. The topological polar surface area (TPSA) is 82.1 Å². The Bertz CT molecular complexity index is 965. The molecule has 1 spiro atoms. The highest BCUT2D eigenvalue weighted by Crippen LogP contribution is 2.70. The molecule has 206 valence electrons. The lowest BCUT2D eigenvalue weighted by atomic mass is 9.47. The van der Waals surface area contributed by atoms with Crippen molar-refractivity contribution in [1.29, 1.82) is 0 Å². The number of ether oxygens (including phenoxy) is 3. The predicted octanol–water partition coefficient (Wildman–Crippen LogP) is 6.13. The Morgan fingerprint density at radius 2 is 1.89 bits per heavy atom. The fraction of sp³-hybridized carbons (Fsp3) is 0.871. The minimum Gasteiger partial charge on any atom is -0.481 e. The fourth-order valence-corrected chi connectivity index (χ4v) is 10.2. The van der Waals surface area contributed by atoms with E-state index < -0.39 is 5.97 Å². The van der Waals surface area contributed by atoms with E-state index in [4.69, 9.17) is 19.3 Å². The number of rotatable bonds is 4. The highest BCUT2D eigenvalue weighted by atomic mass is 16.7. The van der Waals surface area contributed by atoms with Gasteiger partial charge in [-0.25, -0.2) is 0 Å². The molecule has 6 nitrogen and oxygen atoms in total. The number of hydrogen-bond donors (Lipinski definition) is 1. The summed E-state index contributed by atoms with van der Waals surface area (Å²) >= 11 is 0. The number of hydrogen-bond acceptors (Lipinski definition) is 5. The zero-order valence-electron chi connectivity index (χ0n) is 23.2. The van der Waals surface area contributed by atoms with E-state index in [1.165, 1.54) is 31.3 Å². The summed E-state index contributed by atoms with van der Waals surface area (Å²) in [6.07, 6.45) is 12.4. The lowest BCUT2D eigenvalue weighted by Crippen LogP contribution is -2.52. The van der Waals surface area contributed by atoms with Crippen LogP contribution in [0.2, 0.25) is 0 Å². The molecule has 4 aliphatic carbocycles. The van der Waals surface area contributed by atoms with Crippen LogP contribution in [0, 0.1) is 46.3 Å². The molecule has 0 bridgehead atoms. The SMILES string of the molecule is CC1CC[C@@]2(OC1)OC1CC3C4CC=C5CC(OC(=O)CCC(=O)O)CC[C@]5(C)C4CC[C@]3(C)C1[C@@H]2C. The third kappa shape index (κ3) is 4.02. The average Bonchev–Trinajstić information content (AvgIpc) is 3.30. The number of carbonyl (C=O) groups excluding carboxylic acids is 1. The maximum atomic E-state index is 12.2. The molecule has 0 aromatic rings. The molecule has 5 fully saturated rings. The fourth-order valence-electron chi connectivity index (χ4n) is 10.2. The largest absolute Gasteiger partial charge is 0.481 e. The molecule has 1 N–H and O–H groups in total. The van der Waals surface area contributed by atoms with Gasteiger partial charge in [0.25, 0.3) is 0 Å². The molecule has 37 heavy (non-hydrogen) atoms. The van der Waals surface area contributed by atoms with Crippen molar-refractivity contribution in [2.24, 2.45) is 46.3 Å². The Morgan fingerprint density at radius 1 is 1.08 bits per heavy atom. The van der Waals surface area contributed by atoms with Gasteiger partial charge in [0.1, 0.15) is 6.10 Å². The van der Waals surface area contributed by atoms with Crippen LogP contribution in [0.1, 0.15) is 98.3 Å². The highest BCUT2D eigenvalue weighted by Gasteiger charge is 2.68. The Kier molecular flexibility index (Phi) is 6.34. The molecule has 0 aromatic carbocycles. The molecule has 2 aliphatic heterocycles. The number of allylic oxidation sites excluding steroid dienone is 1. The minimum atomic E-state index is -0.953. The number of fused-ring (bicyclic) bond motifs is 7. The van der Waals surface area contributed by atoms with Crippen molar-refractivity contribution >= 4 is 11.9 Å². The monoisotopic (exact) mass is 514 g/mol. The number of carboxylic acids is 1. The van der Waals surface area contributed by atoms with Gasteiger partial charge in [-0.05, 0) is 85.4 Å². The first-order valence-electron chi connectivity index (χ1n) is 15.0. The number of carbonyl (C=O) groups is 2. The quantitative estimate of drug-likeness (QED) is 0.359. The highest BCUT2D eigenvalue weighted by molar-refractivity contribution is 5.76. The zero-order chi connectivity index (χ0) is 26.2. The van der Waals surface area contributed by atoms with E-state index in [9.17, 15) is 9.59 Å². The maximum Gasteiger partial charge on any atom is 0.306 e. The van der Waals surface area contributed by atoms with Crippen LogP contribution in [0.4, 0.5) is 0 Å². The third-order valence-corrected chi connectivity index (χ3v) is 12.2. The molecule has 7 unspecified atom stereocenters. The van der Waals surface area contributed by atoms with Gasteiger partial charge in [-0.2, -0.15) is 0 Å². The lowest BCUT2D eigenvalue weighted by Gasteiger charge is -2.58. The molecule has 2 saturated heterocycles. The van der Waals surface area contributed by atoms with Crippen molar-refractivity contribution in [3.05, 3.63) is 11.6 Å². The second-order valence-corrected chi connectivity index (χ2v) is 14.0. The van der Waals surface area contributed by atoms with Crippen LogP contribution in [0.15, 0.2) is 11.6 Å².